The standard InChI is InChI=1S/C24H42O3/c1-3-5-6-7-8-9-10-11-12-13-14-15-16-17-18-19-21(25)20-23-22(4-2)24(26)27-23/h8-9,11-12,21-23,25H,3-7,10,13-20H2,1-2H3/t21?,22-,23-/m0/s1. The van der Waals surface area contributed by atoms with Gasteiger partial charge < -0.3 is 9.84 Å². The van der Waals surface area contributed by atoms with E-state index in [0.29, 0.717) is 6.42 Å². The van der Waals surface area contributed by atoms with Crippen LogP contribution in [0.4, 0.5) is 0 Å². The lowest BCUT2D eigenvalue weighted by molar-refractivity contribution is -0.188. The van der Waals surface area contributed by atoms with E-state index in [-0.39, 0.29) is 24.1 Å². The van der Waals surface area contributed by atoms with Gasteiger partial charge in [0, 0.05) is 6.42 Å². The van der Waals surface area contributed by atoms with E-state index in [1.165, 1.54) is 57.8 Å². The first kappa shape index (κ1) is 23.9. The Kier molecular flexibility index (Phi) is 14.1. The second kappa shape index (κ2) is 15.9. The molecule has 0 aromatic heterocycles. The molecule has 1 N–H and O–H groups in total. The van der Waals surface area contributed by atoms with E-state index in [0.717, 1.165) is 25.7 Å². The van der Waals surface area contributed by atoms with Crippen LogP contribution in [-0.2, 0) is 9.53 Å². The van der Waals surface area contributed by atoms with Crippen molar-refractivity contribution in [1.82, 2.24) is 0 Å². The Morgan fingerprint density at radius 2 is 1.56 bits per heavy atom. The van der Waals surface area contributed by atoms with Gasteiger partial charge in [-0.15, -0.1) is 0 Å². The van der Waals surface area contributed by atoms with Crippen molar-refractivity contribution >= 4 is 5.97 Å². The van der Waals surface area contributed by atoms with Gasteiger partial charge in [0.15, 0.2) is 0 Å². The van der Waals surface area contributed by atoms with E-state index >= 15 is 0 Å². The fraction of sp³-hybridized carbons (Fsp3) is 0.792. The van der Waals surface area contributed by atoms with Crippen LogP contribution in [0.1, 0.15) is 104 Å². The van der Waals surface area contributed by atoms with E-state index in [4.69, 9.17) is 4.74 Å². The van der Waals surface area contributed by atoms with Crippen LogP contribution >= 0.6 is 0 Å². The number of unbranched alkanes of at least 4 members (excludes halogenated alkanes) is 8. The summed E-state index contributed by atoms with van der Waals surface area (Å²) >= 11 is 0. The van der Waals surface area contributed by atoms with Crippen molar-refractivity contribution in [1.29, 1.82) is 0 Å². The highest BCUT2D eigenvalue weighted by molar-refractivity contribution is 5.78. The number of hydrogen-bond acceptors (Lipinski definition) is 3. The van der Waals surface area contributed by atoms with Gasteiger partial charge in [0.05, 0.1) is 12.0 Å². The van der Waals surface area contributed by atoms with Crippen LogP contribution in [0.5, 0.6) is 0 Å². The smallest absolute Gasteiger partial charge is 0.313 e. The van der Waals surface area contributed by atoms with Crippen LogP contribution in [-0.4, -0.2) is 23.3 Å². The predicted molar refractivity (Wildman–Crippen MR) is 114 cm³/mol. The normalized spacial score (nSPS) is 20.9. The Morgan fingerprint density at radius 3 is 2.19 bits per heavy atom. The number of allylic oxidation sites excluding steroid dienone is 4. The molecule has 1 saturated heterocycles. The van der Waals surface area contributed by atoms with Crippen LogP contribution in [0.15, 0.2) is 24.3 Å². The minimum Gasteiger partial charge on any atom is -0.461 e. The third kappa shape index (κ3) is 11.4. The van der Waals surface area contributed by atoms with Gasteiger partial charge in [-0.2, -0.15) is 0 Å². The number of rotatable bonds is 17. The zero-order chi connectivity index (χ0) is 19.7. The molecule has 1 unspecified atom stereocenters. The van der Waals surface area contributed by atoms with Crippen LogP contribution in [0.25, 0.3) is 0 Å². The average Bonchev–Trinajstić information content (AvgIpc) is 2.64. The summed E-state index contributed by atoms with van der Waals surface area (Å²) in [6.45, 7) is 4.25. The molecule has 156 valence electrons. The largest absolute Gasteiger partial charge is 0.461 e. The second-order valence-electron chi connectivity index (χ2n) is 7.90. The molecule has 3 heteroatoms. The molecule has 3 atom stereocenters. The van der Waals surface area contributed by atoms with Crippen molar-refractivity contribution in [2.24, 2.45) is 5.92 Å². The van der Waals surface area contributed by atoms with Gasteiger partial charge in [-0.25, -0.2) is 0 Å². The Labute approximate surface area is 167 Å². The highest BCUT2D eigenvalue weighted by Gasteiger charge is 2.41. The van der Waals surface area contributed by atoms with Gasteiger partial charge in [0.25, 0.3) is 0 Å². The van der Waals surface area contributed by atoms with Crippen molar-refractivity contribution in [2.45, 2.75) is 116 Å². The lowest BCUT2D eigenvalue weighted by atomic mass is 9.89. The third-order valence-electron chi connectivity index (χ3n) is 5.45. The van der Waals surface area contributed by atoms with E-state index in [9.17, 15) is 9.90 Å². The summed E-state index contributed by atoms with van der Waals surface area (Å²) in [7, 11) is 0. The fourth-order valence-electron chi connectivity index (χ4n) is 3.62. The molecular weight excluding hydrogens is 336 g/mol. The summed E-state index contributed by atoms with van der Waals surface area (Å²) in [6, 6.07) is 0. The maximum atomic E-state index is 11.2. The number of aliphatic hydroxyl groups excluding tert-OH is 1. The molecule has 0 aromatic rings. The molecule has 3 nitrogen and oxygen atoms in total. The molecule has 0 aromatic carbocycles. The molecule has 1 heterocycles. The van der Waals surface area contributed by atoms with E-state index in [2.05, 4.69) is 31.2 Å². The SMILES string of the molecule is CCCCCC=CCC=CCCCCCCCC(O)C[C@@H]1OC(=O)[C@H]1CC. The van der Waals surface area contributed by atoms with E-state index in [1.54, 1.807) is 0 Å². The molecule has 1 rings (SSSR count). The second-order valence-corrected chi connectivity index (χ2v) is 7.90. The van der Waals surface area contributed by atoms with Crippen molar-refractivity contribution in [2.75, 3.05) is 0 Å². The first-order chi connectivity index (χ1) is 13.2. The quantitative estimate of drug-likeness (QED) is 0.178. The maximum Gasteiger partial charge on any atom is 0.313 e. The van der Waals surface area contributed by atoms with Crippen LogP contribution in [0.2, 0.25) is 0 Å². The van der Waals surface area contributed by atoms with Gasteiger partial charge in [-0.3, -0.25) is 4.79 Å². The number of cyclic esters (lactones) is 1. The predicted octanol–water partition coefficient (Wildman–Crippen LogP) is 6.50. The first-order valence-electron chi connectivity index (χ1n) is 11.4. The molecular formula is C24H42O3. The fourth-order valence-corrected chi connectivity index (χ4v) is 3.62. The first-order valence-corrected chi connectivity index (χ1v) is 11.4. The van der Waals surface area contributed by atoms with E-state index < -0.39 is 0 Å². The average molecular weight is 379 g/mol. The monoisotopic (exact) mass is 378 g/mol. The van der Waals surface area contributed by atoms with Gasteiger partial charge in [-0.1, -0.05) is 76.7 Å². The summed E-state index contributed by atoms with van der Waals surface area (Å²) in [5, 5.41) is 10.1. The Balaban J connectivity index is 1.86. The summed E-state index contributed by atoms with van der Waals surface area (Å²) in [4.78, 5) is 11.2. The van der Waals surface area contributed by atoms with Gasteiger partial charge >= 0.3 is 5.97 Å². The third-order valence-corrected chi connectivity index (χ3v) is 5.45. The minimum atomic E-state index is -0.324. The molecule has 0 amide bonds. The van der Waals surface area contributed by atoms with Crippen molar-refractivity contribution in [3.63, 3.8) is 0 Å². The lowest BCUT2D eigenvalue weighted by Crippen LogP contribution is -2.46. The topological polar surface area (TPSA) is 46.5 Å². The maximum absolute atomic E-state index is 11.2. The van der Waals surface area contributed by atoms with Crippen molar-refractivity contribution in [3.8, 4) is 0 Å². The number of carbonyl (C=O) groups excluding carboxylic acids is 1. The highest BCUT2D eigenvalue weighted by atomic mass is 16.6. The molecule has 1 aliphatic rings. The zero-order valence-electron chi connectivity index (χ0n) is 17.7. The number of esters is 1. The van der Waals surface area contributed by atoms with Crippen LogP contribution in [0, 0.1) is 5.92 Å². The Hall–Kier alpha value is -1.09. The molecule has 1 aliphatic heterocycles. The number of carbonyl (C=O) groups is 1. The highest BCUT2D eigenvalue weighted by Crippen LogP contribution is 2.29. The van der Waals surface area contributed by atoms with Crippen molar-refractivity contribution < 1.29 is 14.6 Å². The summed E-state index contributed by atoms with van der Waals surface area (Å²) in [6.07, 6.45) is 24.5. The van der Waals surface area contributed by atoms with Gasteiger partial charge in [0.1, 0.15) is 6.10 Å². The number of aliphatic hydroxyl groups is 1. The Morgan fingerprint density at radius 1 is 0.926 bits per heavy atom. The minimum absolute atomic E-state index is 0.0178. The molecule has 1 fully saturated rings. The zero-order valence-corrected chi connectivity index (χ0v) is 17.7. The molecule has 0 bridgehead atoms. The van der Waals surface area contributed by atoms with Gasteiger partial charge in [-0.05, 0) is 44.9 Å². The molecule has 0 aliphatic carbocycles. The van der Waals surface area contributed by atoms with E-state index in [1.807, 2.05) is 6.92 Å². The summed E-state index contributed by atoms with van der Waals surface area (Å²) in [5.74, 6) is -0.0731. The lowest BCUT2D eigenvalue weighted by Gasteiger charge is -2.35. The summed E-state index contributed by atoms with van der Waals surface area (Å²) < 4.78 is 5.13. The van der Waals surface area contributed by atoms with Crippen LogP contribution < -0.4 is 0 Å². The molecule has 0 saturated carbocycles. The molecule has 0 radical (unpaired) electrons. The number of hydrogen-bond donors (Lipinski definition) is 1. The van der Waals surface area contributed by atoms with Crippen LogP contribution in [0.3, 0.4) is 0 Å². The van der Waals surface area contributed by atoms with Gasteiger partial charge in [0.2, 0.25) is 0 Å². The summed E-state index contributed by atoms with van der Waals surface area (Å²) in [5.41, 5.74) is 0. The molecule has 0 spiro atoms. The van der Waals surface area contributed by atoms with Crippen molar-refractivity contribution in [3.05, 3.63) is 24.3 Å². The molecule has 27 heavy (non-hydrogen) atoms. The Bertz CT molecular complexity index is 427. The number of ether oxygens (including phenoxy) is 1.